The molecule has 4 rings (SSSR count). The van der Waals surface area contributed by atoms with Gasteiger partial charge in [0.05, 0.1) is 6.21 Å². The molecule has 3 aromatic rings. The van der Waals surface area contributed by atoms with Gasteiger partial charge in [-0.25, -0.2) is 5.43 Å². The Balaban J connectivity index is 1.18. The van der Waals surface area contributed by atoms with Crippen LogP contribution >= 0.6 is 23.2 Å². The van der Waals surface area contributed by atoms with Gasteiger partial charge in [-0.3, -0.25) is 14.4 Å². The Morgan fingerprint density at radius 3 is 2.41 bits per heavy atom. The minimum Gasteiger partial charge on any atom is -0.484 e. The number of benzene rings is 3. The highest BCUT2D eigenvalue weighted by atomic mass is 35.5. The van der Waals surface area contributed by atoms with Gasteiger partial charge in [0.15, 0.2) is 18.1 Å². The van der Waals surface area contributed by atoms with Crippen molar-refractivity contribution in [1.82, 2.24) is 10.7 Å². The van der Waals surface area contributed by atoms with E-state index in [0.717, 1.165) is 5.56 Å². The Morgan fingerprint density at radius 1 is 0.919 bits per heavy atom. The van der Waals surface area contributed by atoms with Crippen molar-refractivity contribution in [2.45, 2.75) is 6.54 Å². The summed E-state index contributed by atoms with van der Waals surface area (Å²) in [6.45, 7) is 0.0628. The average Bonchev–Trinajstić information content (AvgIpc) is 3.34. The molecule has 0 unspecified atom stereocenters. The summed E-state index contributed by atoms with van der Waals surface area (Å²) in [5.74, 6) is -0.470. The van der Waals surface area contributed by atoms with Gasteiger partial charge in [-0.05, 0) is 65.7 Å². The number of carbonyl (C=O) groups excluding carboxylic acids is 3. The standard InChI is InChI=1S/C25H20Cl2N4O6/c26-17-8-18(27)10-19(9-17)30-23(32)13-35-20-4-1-15(2-5-20)12-29-31-25(34)24(33)28-11-16-3-6-21-22(7-16)37-14-36-21/h1-10,12H,11,13-14H2,(H,28,33)(H,30,32)(H,31,34)/b29-12-. The quantitative estimate of drug-likeness (QED) is 0.227. The molecule has 0 bridgehead atoms. The molecule has 190 valence electrons. The lowest BCUT2D eigenvalue weighted by Gasteiger charge is -2.08. The first-order valence-corrected chi connectivity index (χ1v) is 11.6. The molecule has 0 atom stereocenters. The number of carbonyl (C=O) groups is 3. The molecule has 10 nitrogen and oxygen atoms in total. The lowest BCUT2D eigenvalue weighted by atomic mass is 10.2. The van der Waals surface area contributed by atoms with E-state index in [0.29, 0.717) is 38.5 Å². The summed E-state index contributed by atoms with van der Waals surface area (Å²) < 4.78 is 16.0. The molecule has 0 saturated carbocycles. The van der Waals surface area contributed by atoms with Crippen molar-refractivity contribution < 1.29 is 28.6 Å². The molecular weight excluding hydrogens is 523 g/mol. The van der Waals surface area contributed by atoms with Gasteiger partial charge in [-0.15, -0.1) is 0 Å². The van der Waals surface area contributed by atoms with E-state index in [1.165, 1.54) is 6.21 Å². The van der Waals surface area contributed by atoms with Crippen LogP contribution in [0.25, 0.3) is 0 Å². The second-order valence-electron chi connectivity index (χ2n) is 7.63. The number of amides is 3. The monoisotopic (exact) mass is 542 g/mol. The summed E-state index contributed by atoms with van der Waals surface area (Å²) >= 11 is 11.8. The molecule has 37 heavy (non-hydrogen) atoms. The predicted octanol–water partition coefficient (Wildman–Crippen LogP) is 3.51. The van der Waals surface area contributed by atoms with E-state index in [1.807, 2.05) is 0 Å². The first kappa shape index (κ1) is 25.8. The van der Waals surface area contributed by atoms with Crippen molar-refractivity contribution >= 4 is 52.8 Å². The van der Waals surface area contributed by atoms with Crippen LogP contribution in [-0.2, 0) is 20.9 Å². The van der Waals surface area contributed by atoms with E-state index in [1.54, 1.807) is 60.7 Å². The summed E-state index contributed by atoms with van der Waals surface area (Å²) in [4.78, 5) is 36.0. The van der Waals surface area contributed by atoms with Crippen molar-refractivity contribution in [3.05, 3.63) is 81.8 Å². The molecule has 1 aliphatic heterocycles. The first-order chi connectivity index (χ1) is 17.9. The highest BCUT2D eigenvalue weighted by Crippen LogP contribution is 2.32. The summed E-state index contributed by atoms with van der Waals surface area (Å²) in [6.07, 6.45) is 1.36. The maximum absolute atomic E-state index is 12.1. The molecule has 3 N–H and O–H groups in total. The third-order valence-corrected chi connectivity index (χ3v) is 5.31. The smallest absolute Gasteiger partial charge is 0.329 e. The number of halogens is 2. The van der Waals surface area contributed by atoms with E-state index in [-0.39, 0.29) is 25.9 Å². The molecule has 12 heteroatoms. The van der Waals surface area contributed by atoms with Crippen LogP contribution in [0.15, 0.2) is 65.8 Å². The van der Waals surface area contributed by atoms with Crippen molar-refractivity contribution in [3.63, 3.8) is 0 Å². The minimum atomic E-state index is -0.913. The summed E-state index contributed by atoms with van der Waals surface area (Å²) in [7, 11) is 0. The van der Waals surface area contributed by atoms with Crippen molar-refractivity contribution in [2.75, 3.05) is 18.7 Å². The molecule has 0 radical (unpaired) electrons. The van der Waals surface area contributed by atoms with Crippen molar-refractivity contribution in [2.24, 2.45) is 5.10 Å². The van der Waals surface area contributed by atoms with Gasteiger partial charge in [0.2, 0.25) is 6.79 Å². The zero-order chi connectivity index (χ0) is 26.2. The van der Waals surface area contributed by atoms with Crippen LogP contribution in [0.3, 0.4) is 0 Å². The van der Waals surface area contributed by atoms with Gasteiger partial charge in [0.25, 0.3) is 5.91 Å². The van der Waals surface area contributed by atoms with E-state index >= 15 is 0 Å². The van der Waals surface area contributed by atoms with Gasteiger partial charge in [0.1, 0.15) is 5.75 Å². The van der Waals surface area contributed by atoms with E-state index in [2.05, 4.69) is 21.2 Å². The third-order valence-electron chi connectivity index (χ3n) is 4.87. The number of rotatable bonds is 8. The Labute approximate surface area is 221 Å². The van der Waals surface area contributed by atoms with Gasteiger partial charge in [0, 0.05) is 22.3 Å². The van der Waals surface area contributed by atoms with Crippen LogP contribution in [0.4, 0.5) is 5.69 Å². The third kappa shape index (κ3) is 7.60. The largest absolute Gasteiger partial charge is 0.484 e. The van der Waals surface area contributed by atoms with Crippen LogP contribution in [0.2, 0.25) is 10.0 Å². The molecule has 0 fully saturated rings. The first-order valence-electron chi connectivity index (χ1n) is 10.8. The van der Waals surface area contributed by atoms with Crippen molar-refractivity contribution in [1.29, 1.82) is 0 Å². The number of hydrogen-bond acceptors (Lipinski definition) is 7. The minimum absolute atomic E-state index is 0.138. The molecular formula is C25H20Cl2N4O6. The second kappa shape index (κ2) is 12.1. The number of ether oxygens (including phenoxy) is 3. The molecule has 0 aliphatic carbocycles. The second-order valence-corrected chi connectivity index (χ2v) is 8.51. The molecule has 1 aliphatic rings. The summed E-state index contributed by atoms with van der Waals surface area (Å²) in [5, 5.41) is 9.73. The number of hydrogen-bond donors (Lipinski definition) is 3. The number of hydrazone groups is 1. The molecule has 3 amide bonds. The zero-order valence-corrected chi connectivity index (χ0v) is 20.6. The molecule has 1 heterocycles. The molecule has 0 saturated heterocycles. The summed E-state index contributed by atoms with van der Waals surface area (Å²) in [5.41, 5.74) is 4.01. The number of nitrogens with one attached hydrogen (secondary N) is 3. The lowest BCUT2D eigenvalue weighted by molar-refractivity contribution is -0.139. The number of fused-ring (bicyclic) bond motifs is 1. The molecule has 0 spiro atoms. The van der Waals surface area contributed by atoms with Crippen LogP contribution in [0.5, 0.6) is 17.2 Å². The zero-order valence-electron chi connectivity index (χ0n) is 19.1. The highest BCUT2D eigenvalue weighted by Gasteiger charge is 2.15. The Bertz CT molecular complexity index is 1330. The normalized spacial score (nSPS) is 11.7. The SMILES string of the molecule is O=C(COc1ccc(/C=N\NC(=O)C(=O)NCc2ccc3c(c2)OCO3)cc1)Nc1cc(Cl)cc(Cl)c1. The number of nitrogens with zero attached hydrogens (tertiary/aromatic N) is 1. The fourth-order valence-corrected chi connectivity index (χ4v) is 3.68. The van der Waals surface area contributed by atoms with Crippen LogP contribution in [0.1, 0.15) is 11.1 Å². The van der Waals surface area contributed by atoms with Gasteiger partial charge in [-0.1, -0.05) is 29.3 Å². The topological polar surface area (TPSA) is 127 Å². The average molecular weight is 543 g/mol. The van der Waals surface area contributed by atoms with Crippen LogP contribution in [0, 0.1) is 0 Å². The summed E-state index contributed by atoms with van der Waals surface area (Å²) in [6, 6.07) is 16.5. The van der Waals surface area contributed by atoms with E-state index in [4.69, 9.17) is 37.4 Å². The van der Waals surface area contributed by atoms with Gasteiger partial charge < -0.3 is 24.8 Å². The van der Waals surface area contributed by atoms with E-state index in [9.17, 15) is 14.4 Å². The maximum Gasteiger partial charge on any atom is 0.329 e. The fourth-order valence-electron chi connectivity index (χ4n) is 3.15. The molecule has 3 aromatic carbocycles. The highest BCUT2D eigenvalue weighted by molar-refractivity contribution is 6.35. The fraction of sp³-hybridized carbons (Fsp3) is 0.120. The Kier molecular flexibility index (Phi) is 8.44. The predicted molar refractivity (Wildman–Crippen MR) is 137 cm³/mol. The van der Waals surface area contributed by atoms with Gasteiger partial charge >= 0.3 is 11.8 Å². The van der Waals surface area contributed by atoms with Gasteiger partial charge in [-0.2, -0.15) is 5.10 Å². The van der Waals surface area contributed by atoms with E-state index < -0.39 is 11.8 Å². The van der Waals surface area contributed by atoms with Crippen LogP contribution in [-0.4, -0.2) is 37.3 Å². The Morgan fingerprint density at radius 2 is 1.65 bits per heavy atom. The lowest BCUT2D eigenvalue weighted by Crippen LogP contribution is -2.37. The maximum atomic E-state index is 12.1. The number of anilines is 1. The van der Waals surface area contributed by atoms with Crippen LogP contribution < -0.4 is 30.3 Å². The Hall–Kier alpha value is -4.28. The molecule has 0 aromatic heterocycles. The van der Waals surface area contributed by atoms with Crippen molar-refractivity contribution in [3.8, 4) is 17.2 Å².